The molecule has 0 saturated heterocycles. The van der Waals surface area contributed by atoms with Gasteiger partial charge >= 0.3 is 0 Å². The molecule has 121 heavy (non-hydrogen) atoms. The maximum absolute atomic E-state index is 6.28. The Balaban J connectivity index is 0.000000115. The predicted molar refractivity (Wildman–Crippen MR) is 513 cm³/mol. The molecule has 1 unspecified atom stereocenters. The first-order valence-corrected chi connectivity index (χ1v) is 41.6. The van der Waals surface area contributed by atoms with Gasteiger partial charge in [-0.15, -0.1) is 0 Å². The number of nitrogens with one attached hydrogen (secondary N) is 1. The molecule has 7 aromatic heterocycles. The molecule has 25 aromatic rings. The third-order valence-electron chi connectivity index (χ3n) is 24.5. The Hall–Kier alpha value is -16.0. The summed E-state index contributed by atoms with van der Waals surface area (Å²) in [6.45, 7) is 0. The van der Waals surface area contributed by atoms with Crippen molar-refractivity contribution in [1.82, 2.24) is 17.9 Å². The number of anilines is 4. The average Bonchev–Trinajstić information content (AvgIpc) is 1.54. The second-order valence-corrected chi connectivity index (χ2v) is 31.4. The molecule has 26 rings (SSSR count). The van der Waals surface area contributed by atoms with Gasteiger partial charge in [-0.2, -0.15) is 0 Å². The van der Waals surface area contributed by atoms with E-state index in [1.165, 1.54) is 153 Å². The number of hydrogen-bond acceptors (Lipinski definition) is 3. The zero-order valence-electron chi connectivity index (χ0n) is 66.2. The van der Waals surface area contributed by atoms with Gasteiger partial charge in [0.25, 0.3) is 0 Å². The summed E-state index contributed by atoms with van der Waals surface area (Å²) in [5.74, 6) is 0. The van der Waals surface area contributed by atoms with Crippen LogP contribution in [0, 0.1) is 0 Å². The van der Waals surface area contributed by atoms with Crippen LogP contribution >= 0.6 is 0 Å². The first kappa shape index (κ1) is 70.4. The molecule has 7 heteroatoms. The molecule has 1 atom stereocenters. The summed E-state index contributed by atoms with van der Waals surface area (Å²) >= 11 is 0. The van der Waals surface area contributed by atoms with E-state index in [9.17, 15) is 0 Å². The van der Waals surface area contributed by atoms with Crippen molar-refractivity contribution in [3.8, 4) is 39.1 Å². The molecule has 0 saturated carbocycles. The highest BCUT2D eigenvalue weighted by atomic mass is 16.3. The van der Waals surface area contributed by atoms with Crippen molar-refractivity contribution in [3.05, 3.63) is 449 Å². The zero-order valence-corrected chi connectivity index (χ0v) is 66.2. The van der Waals surface area contributed by atoms with Crippen LogP contribution in [0.15, 0.2) is 453 Å². The minimum absolute atomic E-state index is 0.0873. The lowest BCUT2D eigenvalue weighted by Gasteiger charge is -2.34. The van der Waals surface area contributed by atoms with E-state index in [2.05, 4.69) is 429 Å². The highest BCUT2D eigenvalue weighted by Crippen LogP contribution is 2.47. The summed E-state index contributed by atoms with van der Waals surface area (Å²) in [4.78, 5) is 2.55. The molecule has 0 aliphatic heterocycles. The highest BCUT2D eigenvalue weighted by Gasteiger charge is 2.27. The summed E-state index contributed by atoms with van der Waals surface area (Å²) in [6, 6.07) is 154. The summed E-state index contributed by atoms with van der Waals surface area (Å²) < 4.78 is 15.9. The van der Waals surface area contributed by atoms with Crippen molar-refractivity contribution in [1.29, 1.82) is 0 Å². The molecular weight excluding hydrogens is 1470 g/mol. The fraction of sp³-hybridized carbons (Fsp3) is 0.0175. The Kier molecular flexibility index (Phi) is 17.3. The number of hydrogen-bond donors (Lipinski definition) is 1. The molecule has 0 amide bonds. The Morgan fingerprint density at radius 2 is 0.620 bits per heavy atom. The maximum atomic E-state index is 6.28. The van der Waals surface area contributed by atoms with Gasteiger partial charge in [-0.05, 0) is 173 Å². The average molecular weight is 1550 g/mol. The van der Waals surface area contributed by atoms with E-state index in [0.29, 0.717) is 0 Å². The van der Waals surface area contributed by atoms with E-state index in [1.54, 1.807) is 0 Å². The number of allylic oxidation sites excluding steroid dienone is 2. The van der Waals surface area contributed by atoms with E-state index in [0.717, 1.165) is 62.2 Å². The Morgan fingerprint density at radius 3 is 1.07 bits per heavy atom. The van der Waals surface area contributed by atoms with Crippen LogP contribution in [-0.2, 0) is 0 Å². The molecular formula is C114H78N6O. The number of rotatable bonds is 10. The van der Waals surface area contributed by atoms with Gasteiger partial charge in [-0.3, -0.25) is 0 Å². The van der Waals surface area contributed by atoms with Crippen molar-refractivity contribution in [2.75, 3.05) is 10.2 Å². The minimum atomic E-state index is 0.0873. The van der Waals surface area contributed by atoms with Crippen molar-refractivity contribution in [3.63, 3.8) is 0 Å². The molecule has 1 N–H and O–H groups in total. The van der Waals surface area contributed by atoms with Crippen LogP contribution in [0.25, 0.3) is 187 Å². The summed E-state index contributed by atoms with van der Waals surface area (Å²) in [6.07, 6.45) is 8.01. The number of para-hydroxylation sites is 9. The Bertz CT molecular complexity index is 7910. The summed E-state index contributed by atoms with van der Waals surface area (Å²) in [7, 11) is 0. The lowest BCUT2D eigenvalue weighted by Crippen LogP contribution is -2.30. The fourth-order valence-electron chi connectivity index (χ4n) is 19.2. The highest BCUT2D eigenvalue weighted by molar-refractivity contribution is 6.26. The van der Waals surface area contributed by atoms with E-state index in [-0.39, 0.29) is 6.04 Å². The normalized spacial score (nSPS) is 12.9. The van der Waals surface area contributed by atoms with Gasteiger partial charge in [-0.25, -0.2) is 0 Å². The summed E-state index contributed by atoms with van der Waals surface area (Å²) in [5, 5.41) is 21.4. The predicted octanol–water partition coefficient (Wildman–Crippen LogP) is 30.9. The number of furan rings is 1. The molecule has 0 fully saturated rings. The number of benzene rings is 18. The second-order valence-electron chi connectivity index (χ2n) is 31.4. The fourth-order valence-corrected chi connectivity index (χ4v) is 19.2. The van der Waals surface area contributed by atoms with Gasteiger partial charge in [0.2, 0.25) is 0 Å². The zero-order chi connectivity index (χ0) is 79.9. The first-order chi connectivity index (χ1) is 60.1. The SMILES string of the molecule is C1=CC(N(c2ccc(-c3ccc4c(c3)oc3ccccc34)cc2)c2cc3c4ccccc4n4c5ccccc5c(c2)c34)CC=C1n1c2ccccc2c2ccccc21.c1ccc(-c2ccccc2-c2ccccc2)cc1.c1ccc2c(c1)c1ccccc1n2-c1ccc(Nc2cc3c4ccccc4n4c5ccccc5c(c2)c34)cc1.c1ccccc1. The van der Waals surface area contributed by atoms with Gasteiger partial charge in [0.15, 0.2) is 0 Å². The van der Waals surface area contributed by atoms with Crippen LogP contribution < -0.4 is 10.2 Å². The number of fused-ring (bicyclic) bond motifs is 21. The van der Waals surface area contributed by atoms with Crippen LogP contribution in [0.4, 0.5) is 22.7 Å². The van der Waals surface area contributed by atoms with Gasteiger partial charge < -0.3 is 32.6 Å². The molecule has 1 aliphatic rings. The quantitative estimate of drug-likeness (QED) is 0.148. The third-order valence-corrected chi connectivity index (χ3v) is 24.5. The third kappa shape index (κ3) is 12.1. The maximum Gasteiger partial charge on any atom is 0.136 e. The standard InChI is InChI=1S/C54H35N3O.C36H23N3.C18H14.C6H6/c1-6-16-48-40(11-1)41-12-2-7-17-49(41)56(48)38-28-26-37(27-29-38)55(36-24-21-34(22-25-36)35-23-30-45-44-15-5-10-20-52(44)58-53(45)31-35)39-32-46-42-13-3-8-18-50(42)57-51-19-9-4-14-43(51)47(33-39)54(46)57;1-5-13-32-26(9-1)27-10-2-6-14-33(27)38(32)25-19-17-23(18-20-25)37-24-21-30-28-11-3-7-15-34(28)39-35-16-8-4-12-29(35)31(22-24)36(30)39;1-3-9-15(10-4-1)17-13-7-8-14-18(17)16-11-5-2-6-12-16;1-2-4-6-5-3-1/h1-26,28-33,37H,27H2;1-22,37H;1-14H;1-6H. The lowest BCUT2D eigenvalue weighted by molar-refractivity contribution is 0.669. The summed E-state index contributed by atoms with van der Waals surface area (Å²) in [5.41, 5.74) is 28.6. The van der Waals surface area contributed by atoms with Gasteiger partial charge in [-0.1, -0.05) is 315 Å². The molecule has 7 heterocycles. The lowest BCUT2D eigenvalue weighted by atomic mass is 9.95. The molecule has 570 valence electrons. The van der Waals surface area contributed by atoms with E-state index < -0.39 is 0 Å². The van der Waals surface area contributed by atoms with E-state index >= 15 is 0 Å². The van der Waals surface area contributed by atoms with Crippen LogP contribution in [0.3, 0.4) is 0 Å². The topological polar surface area (TPSA) is 47.1 Å². The Labute approximate surface area is 698 Å². The number of nitrogens with zero attached hydrogens (tertiary/aromatic N) is 5. The van der Waals surface area contributed by atoms with Crippen LogP contribution in [-0.4, -0.2) is 24.0 Å². The van der Waals surface area contributed by atoms with E-state index in [4.69, 9.17) is 4.42 Å². The van der Waals surface area contributed by atoms with Gasteiger partial charge in [0, 0.05) is 110 Å². The van der Waals surface area contributed by atoms with E-state index in [1.807, 2.05) is 48.5 Å². The molecule has 0 radical (unpaired) electrons. The Morgan fingerprint density at radius 1 is 0.256 bits per heavy atom. The minimum Gasteiger partial charge on any atom is -0.456 e. The van der Waals surface area contributed by atoms with Crippen LogP contribution in [0.5, 0.6) is 0 Å². The van der Waals surface area contributed by atoms with Crippen molar-refractivity contribution < 1.29 is 4.42 Å². The van der Waals surface area contributed by atoms with Crippen molar-refractivity contribution >= 4 is 170 Å². The van der Waals surface area contributed by atoms with Crippen molar-refractivity contribution in [2.24, 2.45) is 0 Å². The number of aromatic nitrogens is 4. The molecule has 1 aliphatic carbocycles. The molecule has 0 spiro atoms. The van der Waals surface area contributed by atoms with Gasteiger partial charge in [0.1, 0.15) is 11.2 Å². The van der Waals surface area contributed by atoms with Crippen molar-refractivity contribution in [2.45, 2.75) is 12.5 Å². The second kappa shape index (κ2) is 29.6. The van der Waals surface area contributed by atoms with Gasteiger partial charge in [0.05, 0.1) is 61.2 Å². The largest absolute Gasteiger partial charge is 0.456 e. The molecule has 18 aromatic carbocycles. The van der Waals surface area contributed by atoms with Crippen LogP contribution in [0.2, 0.25) is 0 Å². The molecule has 7 nitrogen and oxygen atoms in total. The monoisotopic (exact) mass is 1550 g/mol. The molecule has 0 bridgehead atoms. The van der Waals surface area contributed by atoms with Crippen LogP contribution in [0.1, 0.15) is 6.42 Å². The smallest absolute Gasteiger partial charge is 0.136 e. The first-order valence-electron chi connectivity index (χ1n) is 41.6.